The van der Waals surface area contributed by atoms with Gasteiger partial charge in [-0.1, -0.05) is 115 Å². The normalized spacial score (nSPS) is 14.3. The summed E-state index contributed by atoms with van der Waals surface area (Å²) in [6.45, 7) is -0.545. The smallest absolute Gasteiger partial charge is 0.264 e. The van der Waals surface area contributed by atoms with E-state index in [1.54, 1.807) is 42.5 Å². The fourth-order valence-corrected chi connectivity index (χ4v) is 7.62. The van der Waals surface area contributed by atoms with Crippen molar-refractivity contribution in [3.63, 3.8) is 0 Å². The van der Waals surface area contributed by atoms with E-state index >= 15 is 0 Å². The van der Waals surface area contributed by atoms with Crippen molar-refractivity contribution in [1.82, 2.24) is 10.2 Å². The van der Waals surface area contributed by atoms with Crippen LogP contribution in [-0.4, -0.2) is 43.8 Å². The first kappa shape index (κ1) is 34.8. The molecule has 246 valence electrons. The lowest BCUT2D eigenvalue weighted by Crippen LogP contribution is -2.55. The number of amides is 2. The summed E-state index contributed by atoms with van der Waals surface area (Å²) in [5.41, 5.74) is 1.76. The monoisotopic (exact) mass is 711 g/mol. The van der Waals surface area contributed by atoms with Gasteiger partial charge in [-0.25, -0.2) is 8.42 Å². The van der Waals surface area contributed by atoms with Crippen LogP contribution in [-0.2, 0) is 32.6 Å². The summed E-state index contributed by atoms with van der Waals surface area (Å²) in [5, 5.41) is 4.11. The van der Waals surface area contributed by atoms with E-state index in [4.69, 9.17) is 34.8 Å². The molecule has 1 fully saturated rings. The highest BCUT2D eigenvalue weighted by atomic mass is 35.5. The lowest BCUT2D eigenvalue weighted by molar-refractivity contribution is -0.140. The molecule has 1 aliphatic carbocycles. The molecule has 5 rings (SSSR count). The van der Waals surface area contributed by atoms with Crippen LogP contribution in [0.2, 0.25) is 15.1 Å². The number of benzene rings is 4. The van der Waals surface area contributed by atoms with E-state index in [2.05, 4.69) is 5.32 Å². The minimum atomic E-state index is -4.25. The molecule has 4 aromatic rings. The van der Waals surface area contributed by atoms with Gasteiger partial charge in [-0.3, -0.25) is 13.9 Å². The first-order chi connectivity index (χ1) is 22.6. The molecule has 47 heavy (non-hydrogen) atoms. The minimum absolute atomic E-state index is 0.000925. The third-order valence-corrected chi connectivity index (χ3v) is 11.1. The van der Waals surface area contributed by atoms with Crippen molar-refractivity contribution in [3.05, 3.63) is 129 Å². The molecule has 0 aromatic heterocycles. The highest BCUT2D eigenvalue weighted by Crippen LogP contribution is 2.31. The Morgan fingerprint density at radius 1 is 0.766 bits per heavy atom. The summed E-state index contributed by atoms with van der Waals surface area (Å²) in [6, 6.07) is 27.8. The number of anilines is 1. The van der Waals surface area contributed by atoms with Gasteiger partial charge in [0, 0.05) is 24.0 Å². The average Bonchev–Trinajstić information content (AvgIpc) is 3.08. The number of rotatable bonds is 12. The van der Waals surface area contributed by atoms with Crippen molar-refractivity contribution in [2.45, 2.75) is 62.0 Å². The Morgan fingerprint density at radius 3 is 2.04 bits per heavy atom. The lowest BCUT2D eigenvalue weighted by Gasteiger charge is -2.35. The van der Waals surface area contributed by atoms with Crippen LogP contribution >= 0.6 is 34.8 Å². The number of halogens is 3. The van der Waals surface area contributed by atoms with Gasteiger partial charge in [0.1, 0.15) is 12.6 Å². The second kappa shape index (κ2) is 16.0. The Kier molecular flexibility index (Phi) is 11.9. The molecule has 0 bridgehead atoms. The van der Waals surface area contributed by atoms with Crippen LogP contribution in [0.5, 0.6) is 0 Å². The van der Waals surface area contributed by atoms with E-state index in [0.29, 0.717) is 5.02 Å². The Labute approximate surface area is 291 Å². The van der Waals surface area contributed by atoms with Gasteiger partial charge in [-0.15, -0.1) is 0 Å². The molecule has 4 aromatic carbocycles. The maximum atomic E-state index is 14.6. The molecule has 1 atom stereocenters. The Balaban J connectivity index is 1.56. The summed E-state index contributed by atoms with van der Waals surface area (Å²) in [5.74, 6) is -0.847. The molecule has 1 aliphatic rings. The van der Waals surface area contributed by atoms with Crippen molar-refractivity contribution in [3.8, 4) is 0 Å². The summed E-state index contributed by atoms with van der Waals surface area (Å²) < 4.78 is 29.3. The van der Waals surface area contributed by atoms with Crippen molar-refractivity contribution in [1.29, 1.82) is 0 Å². The molecule has 11 heteroatoms. The average molecular weight is 713 g/mol. The standard InChI is InChI=1S/C36H36Cl3N3O4S/c37-28-18-16-27(17-19-28)24-41(34(22-26-10-4-1-5-11-26)36(44)40-29-12-6-2-7-13-29)35(43)25-42(30-20-21-32(38)33(39)23-30)47(45,46)31-14-8-3-9-15-31/h1,3-5,8-11,14-21,23,29,34H,2,6-7,12-13,22,24-25H2,(H,40,44)/t34-/m1/s1. The van der Waals surface area contributed by atoms with Crippen molar-refractivity contribution >= 4 is 62.3 Å². The largest absolute Gasteiger partial charge is 0.352 e. The zero-order valence-corrected chi connectivity index (χ0v) is 28.8. The second-order valence-corrected chi connectivity index (χ2v) is 14.7. The molecular formula is C36H36Cl3N3O4S. The lowest BCUT2D eigenvalue weighted by atomic mass is 9.94. The maximum absolute atomic E-state index is 14.6. The summed E-state index contributed by atoms with van der Waals surface area (Å²) >= 11 is 18.7. The van der Waals surface area contributed by atoms with Gasteiger partial charge >= 0.3 is 0 Å². The van der Waals surface area contributed by atoms with Crippen LogP contribution in [0.1, 0.15) is 43.2 Å². The number of nitrogens with one attached hydrogen (secondary N) is 1. The summed E-state index contributed by atoms with van der Waals surface area (Å²) in [7, 11) is -4.25. The predicted octanol–water partition coefficient (Wildman–Crippen LogP) is 7.93. The number of carbonyl (C=O) groups excluding carboxylic acids is 2. The van der Waals surface area contributed by atoms with Crippen molar-refractivity contribution in [2.75, 3.05) is 10.8 Å². The molecule has 0 aliphatic heterocycles. The number of sulfonamides is 1. The third kappa shape index (κ3) is 9.08. The first-order valence-corrected chi connectivity index (χ1v) is 18.1. The first-order valence-electron chi connectivity index (χ1n) is 15.5. The second-order valence-electron chi connectivity index (χ2n) is 11.6. The van der Waals surface area contributed by atoms with Gasteiger partial charge < -0.3 is 10.2 Å². The van der Waals surface area contributed by atoms with Gasteiger partial charge in [-0.05, 0) is 66.4 Å². The fraction of sp³-hybridized carbons (Fsp3) is 0.278. The van der Waals surface area contributed by atoms with Crippen LogP contribution in [0, 0.1) is 0 Å². The van der Waals surface area contributed by atoms with Crippen LogP contribution in [0.25, 0.3) is 0 Å². The number of hydrogen-bond donors (Lipinski definition) is 1. The number of nitrogens with zero attached hydrogens (tertiary/aromatic N) is 2. The Morgan fingerprint density at radius 2 is 1.40 bits per heavy atom. The summed E-state index contributed by atoms with van der Waals surface area (Å²) in [4.78, 5) is 30.3. The molecule has 1 N–H and O–H groups in total. The fourth-order valence-electron chi connectivity index (χ4n) is 5.77. The predicted molar refractivity (Wildman–Crippen MR) is 188 cm³/mol. The maximum Gasteiger partial charge on any atom is 0.264 e. The van der Waals surface area contributed by atoms with Crippen molar-refractivity contribution in [2.24, 2.45) is 0 Å². The molecule has 7 nitrogen and oxygen atoms in total. The summed E-state index contributed by atoms with van der Waals surface area (Å²) in [6.07, 6.45) is 5.15. The molecule has 0 heterocycles. The highest BCUT2D eigenvalue weighted by Gasteiger charge is 2.35. The van der Waals surface area contributed by atoms with Gasteiger partial charge in [0.2, 0.25) is 11.8 Å². The topological polar surface area (TPSA) is 86.8 Å². The quantitative estimate of drug-likeness (QED) is 0.162. The molecule has 1 saturated carbocycles. The highest BCUT2D eigenvalue weighted by molar-refractivity contribution is 7.92. The van der Waals surface area contributed by atoms with Crippen LogP contribution < -0.4 is 9.62 Å². The molecule has 0 unspecified atom stereocenters. The molecule has 0 radical (unpaired) electrons. The SMILES string of the molecule is O=C(NC1CCCCC1)[C@@H](Cc1ccccc1)N(Cc1ccc(Cl)cc1)C(=O)CN(c1ccc(Cl)c(Cl)c1)S(=O)(=O)c1ccccc1. The molecule has 0 spiro atoms. The van der Waals surface area contributed by atoms with Crippen LogP contribution in [0.3, 0.4) is 0 Å². The van der Waals surface area contributed by atoms with E-state index in [0.717, 1.165) is 47.5 Å². The third-order valence-electron chi connectivity index (χ3n) is 8.29. The van der Waals surface area contributed by atoms with E-state index in [1.165, 1.54) is 35.2 Å². The van der Waals surface area contributed by atoms with E-state index in [-0.39, 0.29) is 45.5 Å². The van der Waals surface area contributed by atoms with E-state index in [9.17, 15) is 18.0 Å². The minimum Gasteiger partial charge on any atom is -0.352 e. The Bertz CT molecular complexity index is 1770. The molecular weight excluding hydrogens is 677 g/mol. The number of carbonyl (C=O) groups is 2. The van der Waals surface area contributed by atoms with Gasteiger partial charge in [-0.2, -0.15) is 0 Å². The van der Waals surface area contributed by atoms with Gasteiger partial charge in [0.25, 0.3) is 10.0 Å². The van der Waals surface area contributed by atoms with Gasteiger partial charge in [0.05, 0.1) is 20.6 Å². The van der Waals surface area contributed by atoms with Crippen LogP contribution in [0.4, 0.5) is 5.69 Å². The van der Waals surface area contributed by atoms with E-state index in [1.807, 2.05) is 30.3 Å². The molecule has 2 amide bonds. The number of hydrogen-bond acceptors (Lipinski definition) is 4. The molecule has 0 saturated heterocycles. The van der Waals surface area contributed by atoms with Gasteiger partial charge in [0.15, 0.2) is 0 Å². The van der Waals surface area contributed by atoms with E-state index < -0.39 is 28.5 Å². The zero-order chi connectivity index (χ0) is 33.4. The Hall–Kier alpha value is -3.56. The van der Waals surface area contributed by atoms with Crippen molar-refractivity contribution < 1.29 is 18.0 Å². The zero-order valence-electron chi connectivity index (χ0n) is 25.7. The van der Waals surface area contributed by atoms with Crippen LogP contribution in [0.15, 0.2) is 108 Å².